The first-order valence-electron chi connectivity index (χ1n) is 11.2. The van der Waals surface area contributed by atoms with E-state index in [1.165, 1.54) is 5.56 Å². The van der Waals surface area contributed by atoms with Crippen LogP contribution < -0.4 is 5.32 Å². The molecule has 32 heavy (non-hydrogen) atoms. The molecule has 2 aromatic carbocycles. The molecule has 2 aromatic rings. The molecule has 2 heterocycles. The summed E-state index contributed by atoms with van der Waals surface area (Å²) in [6.45, 7) is 4.63. The van der Waals surface area contributed by atoms with Crippen LogP contribution in [-0.4, -0.2) is 43.2 Å². The van der Waals surface area contributed by atoms with Crippen LogP contribution in [0.4, 0.5) is 10.5 Å². The number of nitrogens with one attached hydrogen (secondary N) is 1. The number of aryl methyl sites for hydroxylation is 1. The van der Waals surface area contributed by atoms with Crippen molar-refractivity contribution in [1.29, 1.82) is 0 Å². The van der Waals surface area contributed by atoms with E-state index in [-0.39, 0.29) is 6.09 Å². The van der Waals surface area contributed by atoms with Gasteiger partial charge in [0.2, 0.25) is 0 Å². The average molecular weight is 431 g/mol. The fourth-order valence-corrected chi connectivity index (χ4v) is 3.91. The molecule has 0 aromatic heterocycles. The zero-order valence-electron chi connectivity index (χ0n) is 18.5. The van der Waals surface area contributed by atoms with Crippen molar-refractivity contribution in [3.8, 4) is 0 Å². The normalized spacial score (nSPS) is 18.1. The summed E-state index contributed by atoms with van der Waals surface area (Å²) in [5, 5.41) is 3.32. The minimum absolute atomic E-state index is 0.221. The summed E-state index contributed by atoms with van der Waals surface area (Å²) in [5.74, 6) is 0.476. The fraction of sp³-hybridized carbons (Fsp3) is 0.346. The van der Waals surface area contributed by atoms with Crippen LogP contribution >= 0.6 is 0 Å². The molecular formula is C26H30N4O2. The summed E-state index contributed by atoms with van der Waals surface area (Å²) < 4.78 is 5.49. The average Bonchev–Trinajstić information content (AvgIpc) is 3.02. The molecule has 0 bridgehead atoms. The van der Waals surface area contributed by atoms with E-state index in [0.717, 1.165) is 61.3 Å². The van der Waals surface area contributed by atoms with Crippen molar-refractivity contribution in [1.82, 2.24) is 4.90 Å². The second-order valence-corrected chi connectivity index (χ2v) is 8.36. The first-order chi connectivity index (χ1) is 15.7. The summed E-state index contributed by atoms with van der Waals surface area (Å²) in [4.78, 5) is 22.9. The van der Waals surface area contributed by atoms with Gasteiger partial charge in [-0.2, -0.15) is 0 Å². The van der Waals surface area contributed by atoms with E-state index in [4.69, 9.17) is 4.74 Å². The maximum absolute atomic E-state index is 12.4. The van der Waals surface area contributed by atoms with Gasteiger partial charge in [-0.15, -0.1) is 0 Å². The number of ether oxygens (including phenoxy) is 1. The van der Waals surface area contributed by atoms with Crippen molar-refractivity contribution in [3.05, 3.63) is 71.4 Å². The van der Waals surface area contributed by atoms with Crippen molar-refractivity contribution < 1.29 is 9.53 Å². The molecule has 6 heteroatoms. The molecule has 1 unspecified atom stereocenters. The van der Waals surface area contributed by atoms with Gasteiger partial charge in [0, 0.05) is 43.3 Å². The quantitative estimate of drug-likeness (QED) is 0.479. The molecular weight excluding hydrogens is 400 g/mol. The van der Waals surface area contributed by atoms with E-state index in [2.05, 4.69) is 40.4 Å². The van der Waals surface area contributed by atoms with Gasteiger partial charge in [-0.3, -0.25) is 9.98 Å². The van der Waals surface area contributed by atoms with Gasteiger partial charge in [0.25, 0.3) is 0 Å². The lowest BCUT2D eigenvalue weighted by Crippen LogP contribution is -2.32. The van der Waals surface area contributed by atoms with E-state index < -0.39 is 0 Å². The molecule has 6 nitrogen and oxygen atoms in total. The summed E-state index contributed by atoms with van der Waals surface area (Å²) in [5.41, 5.74) is 5.55. The van der Waals surface area contributed by atoms with Gasteiger partial charge in [0.05, 0.1) is 6.34 Å². The van der Waals surface area contributed by atoms with Crippen molar-refractivity contribution >= 4 is 29.9 Å². The monoisotopic (exact) mass is 430 g/mol. The second kappa shape index (κ2) is 10.8. The van der Waals surface area contributed by atoms with Crippen molar-refractivity contribution in [3.63, 3.8) is 0 Å². The zero-order chi connectivity index (χ0) is 22.2. The maximum Gasteiger partial charge on any atom is 0.410 e. The van der Waals surface area contributed by atoms with Gasteiger partial charge in [-0.05, 0) is 54.9 Å². The Morgan fingerprint density at radius 1 is 1.22 bits per heavy atom. The molecule has 1 atom stereocenters. The molecule has 0 aliphatic carbocycles. The van der Waals surface area contributed by atoms with E-state index in [0.29, 0.717) is 12.5 Å². The Kier molecular flexibility index (Phi) is 7.33. The number of amides is 1. The topological polar surface area (TPSA) is 66.3 Å². The van der Waals surface area contributed by atoms with Gasteiger partial charge < -0.3 is 15.0 Å². The van der Waals surface area contributed by atoms with Crippen LogP contribution in [0.15, 0.2) is 64.7 Å². The number of allylic oxidation sites excluding steroid dienone is 1. The highest BCUT2D eigenvalue weighted by molar-refractivity contribution is 6.14. The third-order valence-electron chi connectivity index (χ3n) is 5.98. The number of hydrogen-bond acceptors (Lipinski definition) is 4. The SMILES string of the molecule is Cc1ccc(C2=CN=C2)cc1NC=NCC1CCCN(C(=O)OCc2ccccc2)CC1. The van der Waals surface area contributed by atoms with Crippen LogP contribution in [0.25, 0.3) is 5.57 Å². The summed E-state index contributed by atoms with van der Waals surface area (Å²) in [6, 6.07) is 16.1. The highest BCUT2D eigenvalue weighted by Crippen LogP contribution is 2.24. The molecule has 1 fully saturated rings. The number of nitrogens with zero attached hydrogens (tertiary/aromatic N) is 3. The number of benzene rings is 2. The van der Waals surface area contributed by atoms with Gasteiger partial charge in [-0.25, -0.2) is 4.79 Å². The summed E-state index contributed by atoms with van der Waals surface area (Å²) >= 11 is 0. The Hall–Kier alpha value is -3.41. The Bertz CT molecular complexity index is 1010. The van der Waals surface area contributed by atoms with Gasteiger partial charge in [0.1, 0.15) is 6.61 Å². The number of likely N-dealkylation sites (tertiary alicyclic amines) is 1. The Morgan fingerprint density at radius 2 is 2.06 bits per heavy atom. The van der Waals surface area contributed by atoms with Crippen LogP contribution in [0.3, 0.4) is 0 Å². The third-order valence-corrected chi connectivity index (χ3v) is 5.98. The van der Waals surface area contributed by atoms with Crippen molar-refractivity contribution in [2.75, 3.05) is 25.0 Å². The fourth-order valence-electron chi connectivity index (χ4n) is 3.91. The predicted molar refractivity (Wildman–Crippen MR) is 130 cm³/mol. The number of rotatable bonds is 7. The van der Waals surface area contributed by atoms with Crippen LogP contribution in [0, 0.1) is 12.8 Å². The third kappa shape index (κ3) is 5.84. The Labute approximate surface area is 189 Å². The lowest BCUT2D eigenvalue weighted by Gasteiger charge is -2.20. The molecule has 4 rings (SSSR count). The Balaban J connectivity index is 1.21. The number of anilines is 1. The van der Waals surface area contributed by atoms with Gasteiger partial charge >= 0.3 is 6.09 Å². The first-order valence-corrected chi connectivity index (χ1v) is 11.2. The number of carbonyl (C=O) groups is 1. The number of carbonyl (C=O) groups excluding carboxylic acids is 1. The molecule has 166 valence electrons. The van der Waals surface area contributed by atoms with E-state index >= 15 is 0 Å². The predicted octanol–water partition coefficient (Wildman–Crippen LogP) is 5.30. The minimum atomic E-state index is -0.221. The van der Waals surface area contributed by atoms with Crippen molar-refractivity contribution in [2.45, 2.75) is 32.8 Å². The second-order valence-electron chi connectivity index (χ2n) is 8.36. The molecule has 2 aliphatic heterocycles. The zero-order valence-corrected chi connectivity index (χ0v) is 18.5. The van der Waals surface area contributed by atoms with Gasteiger partial charge in [-0.1, -0.05) is 42.5 Å². The van der Waals surface area contributed by atoms with Crippen LogP contribution in [-0.2, 0) is 11.3 Å². The minimum Gasteiger partial charge on any atom is -0.445 e. The molecule has 1 N–H and O–H groups in total. The molecule has 1 amide bonds. The largest absolute Gasteiger partial charge is 0.445 e. The molecule has 0 saturated carbocycles. The highest BCUT2D eigenvalue weighted by Gasteiger charge is 2.21. The molecule has 0 spiro atoms. The van der Waals surface area contributed by atoms with E-state index in [1.54, 1.807) is 6.34 Å². The molecule has 2 aliphatic rings. The van der Waals surface area contributed by atoms with Crippen LogP contribution in [0.1, 0.15) is 36.0 Å². The smallest absolute Gasteiger partial charge is 0.410 e. The first kappa shape index (κ1) is 21.8. The molecule has 1 saturated heterocycles. The van der Waals surface area contributed by atoms with E-state index in [1.807, 2.05) is 47.6 Å². The number of aliphatic imine (C=N–C) groups is 2. The summed E-state index contributed by atoms with van der Waals surface area (Å²) in [7, 11) is 0. The number of hydrogen-bond donors (Lipinski definition) is 1. The highest BCUT2D eigenvalue weighted by atomic mass is 16.6. The van der Waals surface area contributed by atoms with Crippen LogP contribution in [0.2, 0.25) is 0 Å². The van der Waals surface area contributed by atoms with Crippen molar-refractivity contribution in [2.24, 2.45) is 15.9 Å². The Morgan fingerprint density at radius 3 is 2.84 bits per heavy atom. The lowest BCUT2D eigenvalue weighted by atomic mass is 10.0. The lowest BCUT2D eigenvalue weighted by molar-refractivity contribution is 0.0971. The van der Waals surface area contributed by atoms with E-state index in [9.17, 15) is 4.79 Å². The standard InChI is InChI=1S/C26H30N4O2/c1-20-9-10-23(24-16-27-17-24)14-25(20)29-19-28-15-21-8-5-12-30(13-11-21)26(31)32-18-22-6-3-2-4-7-22/h2-4,6-7,9-10,14,16-17,19,21H,5,8,11-13,15,18H2,1H3,(H,28,29). The maximum atomic E-state index is 12.4. The summed E-state index contributed by atoms with van der Waals surface area (Å²) in [6.07, 6.45) is 8.31. The molecule has 0 radical (unpaired) electrons. The van der Waals surface area contributed by atoms with Gasteiger partial charge in [0.15, 0.2) is 0 Å². The van der Waals surface area contributed by atoms with Crippen LogP contribution in [0.5, 0.6) is 0 Å².